The van der Waals surface area contributed by atoms with Crippen molar-refractivity contribution in [2.24, 2.45) is 0 Å². The lowest BCUT2D eigenvalue weighted by Crippen LogP contribution is -2.54. The molecule has 0 amide bonds. The third kappa shape index (κ3) is 3.83. The Balaban J connectivity index is 1.82. The van der Waals surface area contributed by atoms with E-state index in [1.54, 1.807) is 16.9 Å². The summed E-state index contributed by atoms with van der Waals surface area (Å²) >= 11 is 0. The molecule has 0 unspecified atom stereocenters. The average Bonchev–Trinajstić information content (AvgIpc) is 2.98. The highest BCUT2D eigenvalue weighted by molar-refractivity contribution is 7.89. The maximum atomic E-state index is 13.2. The van der Waals surface area contributed by atoms with Crippen molar-refractivity contribution in [3.8, 4) is 17.3 Å². The second-order valence-corrected chi connectivity index (χ2v) is 9.88. The first-order chi connectivity index (χ1) is 15.4. The molecule has 6 nitrogen and oxygen atoms in total. The fourth-order valence-electron chi connectivity index (χ4n) is 3.47. The van der Waals surface area contributed by atoms with Gasteiger partial charge < -0.3 is 0 Å². The van der Waals surface area contributed by atoms with E-state index in [0.717, 1.165) is 25.2 Å². The molecule has 0 bridgehead atoms. The first kappa shape index (κ1) is 22.8. The molecule has 10 heteroatoms. The summed E-state index contributed by atoms with van der Waals surface area (Å²) in [6.45, 7) is 3.35. The van der Waals surface area contributed by atoms with Crippen LogP contribution in [0.15, 0.2) is 59.5 Å². The molecule has 0 saturated carbocycles. The van der Waals surface area contributed by atoms with Gasteiger partial charge >= 0.3 is 6.18 Å². The lowest BCUT2D eigenvalue weighted by molar-refractivity contribution is -0.180. The fourth-order valence-corrected chi connectivity index (χ4v) is 4.87. The van der Waals surface area contributed by atoms with E-state index in [0.29, 0.717) is 27.9 Å². The number of nitrogens with one attached hydrogen (secondary N) is 1. The molecule has 1 aliphatic carbocycles. The van der Waals surface area contributed by atoms with Crippen molar-refractivity contribution < 1.29 is 21.6 Å². The van der Waals surface area contributed by atoms with Crippen molar-refractivity contribution in [3.05, 3.63) is 65.9 Å². The maximum Gasteiger partial charge on any atom is 0.407 e. The zero-order valence-corrected chi connectivity index (χ0v) is 18.7. The normalized spacial score (nSPS) is 14.2. The van der Waals surface area contributed by atoms with Crippen molar-refractivity contribution in [2.75, 3.05) is 0 Å². The number of hydrogen-bond donors (Lipinski definition) is 1. The molecular formula is C23H19F3N4O2S. The van der Waals surface area contributed by atoms with Crippen LogP contribution >= 0.6 is 0 Å². The van der Waals surface area contributed by atoms with Gasteiger partial charge in [-0.05, 0) is 57.2 Å². The molecule has 1 aromatic carbocycles. The summed E-state index contributed by atoms with van der Waals surface area (Å²) < 4.78 is 68.2. The zero-order chi connectivity index (χ0) is 24.2. The van der Waals surface area contributed by atoms with Crippen LogP contribution in [0.2, 0.25) is 0 Å². The van der Waals surface area contributed by atoms with Gasteiger partial charge in [-0.15, -0.1) is 0 Å². The van der Waals surface area contributed by atoms with Crippen molar-refractivity contribution in [2.45, 2.75) is 37.4 Å². The van der Waals surface area contributed by atoms with Gasteiger partial charge in [0.1, 0.15) is 17.3 Å². The van der Waals surface area contributed by atoms with E-state index in [4.69, 9.17) is 0 Å². The van der Waals surface area contributed by atoms with E-state index in [1.807, 2.05) is 29.7 Å². The molecule has 0 fully saturated rings. The SMILES string of the molecule is Cc1ccc2c(C#N)c(-c3ccc(S(=O)(=O)NC(C)(C)C(F)(F)F)cc3)n(C3=CC=C3)c2n1. The number of rotatable bonds is 5. The summed E-state index contributed by atoms with van der Waals surface area (Å²) in [6, 6.07) is 11.2. The predicted octanol–water partition coefficient (Wildman–Crippen LogP) is 4.91. The van der Waals surface area contributed by atoms with Gasteiger partial charge in [0.25, 0.3) is 0 Å². The topological polar surface area (TPSA) is 87.8 Å². The summed E-state index contributed by atoms with van der Waals surface area (Å²) in [4.78, 5) is 4.26. The molecule has 0 spiro atoms. The molecule has 170 valence electrons. The van der Waals surface area contributed by atoms with E-state index < -0.39 is 21.7 Å². The Kier molecular flexibility index (Phi) is 5.22. The van der Waals surface area contributed by atoms with Crippen LogP contribution < -0.4 is 4.72 Å². The van der Waals surface area contributed by atoms with Crippen LogP contribution in [-0.4, -0.2) is 29.7 Å². The first-order valence-electron chi connectivity index (χ1n) is 9.88. The van der Waals surface area contributed by atoms with Gasteiger partial charge in [0.05, 0.1) is 16.2 Å². The molecule has 0 atom stereocenters. The number of benzene rings is 1. The van der Waals surface area contributed by atoms with Crippen LogP contribution in [0.1, 0.15) is 25.1 Å². The molecule has 4 rings (SSSR count). The van der Waals surface area contributed by atoms with Crippen molar-refractivity contribution in [1.29, 1.82) is 5.26 Å². The first-order valence-corrected chi connectivity index (χ1v) is 11.4. The van der Waals surface area contributed by atoms with Crippen molar-refractivity contribution in [3.63, 3.8) is 0 Å². The number of allylic oxidation sites excluding steroid dienone is 4. The van der Waals surface area contributed by atoms with E-state index in [2.05, 4.69) is 11.1 Å². The average molecular weight is 472 g/mol. The number of aryl methyl sites for hydroxylation is 1. The minimum Gasteiger partial charge on any atom is -0.293 e. The largest absolute Gasteiger partial charge is 0.407 e. The van der Waals surface area contributed by atoms with E-state index in [9.17, 15) is 26.9 Å². The van der Waals surface area contributed by atoms with Gasteiger partial charge in [-0.25, -0.2) is 13.4 Å². The molecule has 0 aliphatic heterocycles. The summed E-state index contributed by atoms with van der Waals surface area (Å²) in [5, 5.41) is 10.5. The molecule has 3 aromatic rings. The quantitative estimate of drug-likeness (QED) is 0.571. The number of pyridine rings is 1. The molecule has 33 heavy (non-hydrogen) atoms. The Bertz CT molecular complexity index is 1470. The molecule has 2 heterocycles. The van der Waals surface area contributed by atoms with E-state index in [-0.39, 0.29) is 4.90 Å². The van der Waals surface area contributed by atoms with Crippen LogP contribution in [0, 0.1) is 18.3 Å². The van der Waals surface area contributed by atoms with Gasteiger partial charge in [-0.3, -0.25) is 4.57 Å². The Labute approximate surface area is 188 Å². The highest BCUT2D eigenvalue weighted by Crippen LogP contribution is 2.37. The number of sulfonamides is 1. The lowest BCUT2D eigenvalue weighted by atomic mass is 10.1. The van der Waals surface area contributed by atoms with Gasteiger partial charge in [-0.2, -0.15) is 23.2 Å². The summed E-state index contributed by atoms with van der Waals surface area (Å²) in [6.07, 6.45) is 0.792. The number of aromatic nitrogens is 2. The number of fused-ring (bicyclic) bond motifs is 1. The van der Waals surface area contributed by atoms with E-state index in [1.165, 1.54) is 24.3 Å². The standard InChI is InChI=1S/C23H19F3N4O2S/c1-14-7-12-18-19(13-27)20(30(21(18)28-14)16-5-4-6-16)15-8-10-17(11-9-15)33(31,32)29-22(2,3)23(24,25)26/h4-12,29H,1-3H3. The number of halogens is 3. The number of nitriles is 1. The molecule has 1 N–H and O–H groups in total. The van der Waals surface area contributed by atoms with Crippen LogP contribution in [-0.2, 0) is 10.0 Å². The highest BCUT2D eigenvalue weighted by atomic mass is 32.2. The monoisotopic (exact) mass is 472 g/mol. The second kappa shape index (κ2) is 7.57. The minimum absolute atomic E-state index is 0.318. The Morgan fingerprint density at radius 3 is 2.24 bits per heavy atom. The number of hydrogen-bond acceptors (Lipinski definition) is 4. The Morgan fingerprint density at radius 1 is 1.09 bits per heavy atom. The highest BCUT2D eigenvalue weighted by Gasteiger charge is 2.49. The van der Waals surface area contributed by atoms with Crippen LogP contribution in [0.5, 0.6) is 0 Å². The molecule has 2 aromatic heterocycles. The van der Waals surface area contributed by atoms with Gasteiger partial charge in [0.2, 0.25) is 10.0 Å². The van der Waals surface area contributed by atoms with Gasteiger partial charge in [0, 0.05) is 22.3 Å². The van der Waals surface area contributed by atoms with Crippen LogP contribution in [0.25, 0.3) is 28.0 Å². The Morgan fingerprint density at radius 2 is 1.73 bits per heavy atom. The third-order valence-electron chi connectivity index (χ3n) is 5.40. The lowest BCUT2D eigenvalue weighted by Gasteiger charge is -2.28. The summed E-state index contributed by atoms with van der Waals surface area (Å²) in [7, 11) is -4.44. The Hall–Kier alpha value is -3.42. The number of nitrogens with zero attached hydrogens (tertiary/aromatic N) is 3. The van der Waals surface area contributed by atoms with Gasteiger partial charge in [0.15, 0.2) is 0 Å². The van der Waals surface area contributed by atoms with Crippen LogP contribution in [0.3, 0.4) is 0 Å². The van der Waals surface area contributed by atoms with Crippen molar-refractivity contribution in [1.82, 2.24) is 14.3 Å². The molecule has 0 radical (unpaired) electrons. The maximum absolute atomic E-state index is 13.2. The molecule has 1 aliphatic rings. The second-order valence-electron chi connectivity index (χ2n) is 8.20. The van der Waals surface area contributed by atoms with Crippen molar-refractivity contribution >= 4 is 26.8 Å². The minimum atomic E-state index is -4.77. The van der Waals surface area contributed by atoms with Crippen LogP contribution in [0.4, 0.5) is 13.2 Å². The fraction of sp³-hybridized carbons (Fsp3) is 0.217. The predicted molar refractivity (Wildman–Crippen MR) is 118 cm³/mol. The third-order valence-corrected chi connectivity index (χ3v) is 7.07. The molecule has 0 saturated heterocycles. The molecular weight excluding hydrogens is 453 g/mol. The van der Waals surface area contributed by atoms with Gasteiger partial charge in [-0.1, -0.05) is 18.2 Å². The number of alkyl halides is 3. The summed E-state index contributed by atoms with van der Waals surface area (Å²) in [5.74, 6) is 0. The smallest absolute Gasteiger partial charge is 0.293 e. The van der Waals surface area contributed by atoms with E-state index >= 15 is 0 Å². The summed E-state index contributed by atoms with van der Waals surface area (Å²) in [5.41, 5.74) is 0.928. The zero-order valence-electron chi connectivity index (χ0n) is 17.9.